The van der Waals surface area contributed by atoms with Crippen molar-refractivity contribution in [1.82, 2.24) is 9.97 Å². The Kier molecular flexibility index (Phi) is 4.74. The number of aromatic amines is 1. The number of anilines is 2. The third-order valence-corrected chi connectivity index (χ3v) is 2.10. The lowest BCUT2D eigenvalue weighted by Gasteiger charge is -2.22. The maximum atomic E-state index is 11.3. The first-order valence-electron chi connectivity index (χ1n) is 4.88. The van der Waals surface area contributed by atoms with Crippen molar-refractivity contribution in [3.8, 4) is 0 Å². The molecule has 0 saturated heterocycles. The summed E-state index contributed by atoms with van der Waals surface area (Å²) in [5, 5.41) is 8.92. The van der Waals surface area contributed by atoms with Gasteiger partial charge in [-0.3, -0.25) is 4.79 Å². The third-order valence-electron chi connectivity index (χ3n) is 2.10. The maximum Gasteiger partial charge on any atom is 0.276 e. The van der Waals surface area contributed by atoms with Crippen LogP contribution in [0.1, 0.15) is 0 Å². The fourth-order valence-corrected chi connectivity index (χ4v) is 1.30. The fraction of sp³-hybridized carbons (Fsp3) is 0.556. The molecule has 90 valence electrons. The smallest absolute Gasteiger partial charge is 0.276 e. The van der Waals surface area contributed by atoms with Gasteiger partial charge in [-0.05, 0) is 0 Å². The van der Waals surface area contributed by atoms with Crippen LogP contribution in [0.15, 0.2) is 11.1 Å². The Hall–Kier alpha value is -1.60. The number of aromatic nitrogens is 2. The predicted octanol–water partition coefficient (Wildman–Crippen LogP) is -1.20. The van der Waals surface area contributed by atoms with Crippen LogP contribution < -0.4 is 16.2 Å². The second-order valence-electron chi connectivity index (χ2n) is 3.17. The van der Waals surface area contributed by atoms with Gasteiger partial charge in [0.25, 0.3) is 5.56 Å². The highest BCUT2D eigenvalue weighted by molar-refractivity contribution is 5.60. The van der Waals surface area contributed by atoms with Crippen molar-refractivity contribution in [2.75, 3.05) is 44.0 Å². The van der Waals surface area contributed by atoms with Gasteiger partial charge in [-0.2, -0.15) is 0 Å². The van der Waals surface area contributed by atoms with Crippen molar-refractivity contribution in [2.24, 2.45) is 0 Å². The highest BCUT2D eigenvalue weighted by atomic mass is 16.5. The summed E-state index contributed by atoms with van der Waals surface area (Å²) in [4.78, 5) is 19.4. The standard InChI is InChI=1S/C9H16N4O3/c1-16-5-3-13(2-4-14)8-7(10)9(15)12-6-11-8/h6,14H,2-5,10H2,1H3,(H,11,12,15). The van der Waals surface area contributed by atoms with Crippen molar-refractivity contribution in [1.29, 1.82) is 0 Å². The van der Waals surface area contributed by atoms with Crippen LogP contribution in [0.2, 0.25) is 0 Å². The molecule has 0 amide bonds. The minimum Gasteiger partial charge on any atom is -0.395 e. The molecular formula is C9H16N4O3. The van der Waals surface area contributed by atoms with E-state index in [-0.39, 0.29) is 17.9 Å². The van der Waals surface area contributed by atoms with E-state index in [0.717, 1.165) is 0 Å². The minimum absolute atomic E-state index is 0.0440. The van der Waals surface area contributed by atoms with Crippen LogP contribution in [0.4, 0.5) is 11.5 Å². The number of aliphatic hydroxyl groups is 1. The van der Waals surface area contributed by atoms with Gasteiger partial charge in [0.1, 0.15) is 5.69 Å². The van der Waals surface area contributed by atoms with Crippen LogP contribution in [0.25, 0.3) is 0 Å². The number of hydrogen-bond donors (Lipinski definition) is 3. The van der Waals surface area contributed by atoms with Gasteiger partial charge >= 0.3 is 0 Å². The van der Waals surface area contributed by atoms with Crippen molar-refractivity contribution in [3.63, 3.8) is 0 Å². The maximum absolute atomic E-state index is 11.3. The molecule has 0 aliphatic carbocycles. The number of hydrogen-bond acceptors (Lipinski definition) is 6. The Balaban J connectivity index is 2.91. The predicted molar refractivity (Wildman–Crippen MR) is 60.4 cm³/mol. The molecule has 0 atom stereocenters. The SMILES string of the molecule is COCCN(CCO)c1nc[nH]c(=O)c1N. The average Bonchev–Trinajstić information content (AvgIpc) is 2.28. The number of nitrogens with one attached hydrogen (secondary N) is 1. The summed E-state index contributed by atoms with van der Waals surface area (Å²) in [6.45, 7) is 1.28. The molecule has 1 rings (SSSR count). The summed E-state index contributed by atoms with van der Waals surface area (Å²) < 4.78 is 4.93. The topological polar surface area (TPSA) is 104 Å². The molecule has 0 unspecified atom stereocenters. The normalized spacial score (nSPS) is 10.4. The molecule has 0 bridgehead atoms. The first-order valence-corrected chi connectivity index (χ1v) is 4.88. The lowest BCUT2D eigenvalue weighted by atomic mass is 10.4. The summed E-state index contributed by atoms with van der Waals surface area (Å²) >= 11 is 0. The zero-order chi connectivity index (χ0) is 12.0. The number of nitrogens with zero attached hydrogens (tertiary/aromatic N) is 2. The Morgan fingerprint density at radius 1 is 1.62 bits per heavy atom. The molecule has 0 aliphatic heterocycles. The average molecular weight is 228 g/mol. The molecule has 1 aromatic rings. The highest BCUT2D eigenvalue weighted by Crippen LogP contribution is 2.13. The van der Waals surface area contributed by atoms with Crippen LogP contribution in [0.3, 0.4) is 0 Å². The van der Waals surface area contributed by atoms with Gasteiger partial charge in [0.05, 0.1) is 19.5 Å². The van der Waals surface area contributed by atoms with E-state index in [1.54, 1.807) is 12.0 Å². The molecule has 0 spiro atoms. The zero-order valence-corrected chi connectivity index (χ0v) is 9.14. The molecule has 7 nitrogen and oxygen atoms in total. The Labute approximate surface area is 92.9 Å². The number of H-pyrrole nitrogens is 1. The monoisotopic (exact) mass is 228 g/mol. The molecule has 0 fully saturated rings. The molecular weight excluding hydrogens is 212 g/mol. The highest BCUT2D eigenvalue weighted by Gasteiger charge is 2.12. The molecule has 4 N–H and O–H groups in total. The van der Waals surface area contributed by atoms with Gasteiger partial charge in [-0.1, -0.05) is 0 Å². The summed E-state index contributed by atoms with van der Waals surface area (Å²) in [5.41, 5.74) is 5.28. The van der Waals surface area contributed by atoms with E-state index >= 15 is 0 Å². The fourth-order valence-electron chi connectivity index (χ4n) is 1.30. The Morgan fingerprint density at radius 2 is 2.38 bits per heavy atom. The van der Waals surface area contributed by atoms with E-state index in [1.807, 2.05) is 0 Å². The summed E-state index contributed by atoms with van der Waals surface area (Å²) in [7, 11) is 1.58. The van der Waals surface area contributed by atoms with Crippen LogP contribution in [-0.4, -0.2) is 48.5 Å². The quantitative estimate of drug-likeness (QED) is 0.564. The van der Waals surface area contributed by atoms with Crippen molar-refractivity contribution in [3.05, 3.63) is 16.7 Å². The molecule has 1 aromatic heterocycles. The van der Waals surface area contributed by atoms with Crippen LogP contribution in [-0.2, 0) is 4.74 Å². The van der Waals surface area contributed by atoms with E-state index in [4.69, 9.17) is 15.6 Å². The van der Waals surface area contributed by atoms with Gasteiger partial charge in [0.2, 0.25) is 0 Å². The molecule has 0 aliphatic rings. The molecule has 7 heteroatoms. The summed E-state index contributed by atoms with van der Waals surface area (Å²) in [6, 6.07) is 0. The summed E-state index contributed by atoms with van der Waals surface area (Å²) in [6.07, 6.45) is 1.28. The zero-order valence-electron chi connectivity index (χ0n) is 9.14. The Morgan fingerprint density at radius 3 is 3.00 bits per heavy atom. The number of rotatable bonds is 6. The molecule has 0 aromatic carbocycles. The number of ether oxygens (including phenoxy) is 1. The molecule has 0 saturated carbocycles. The second kappa shape index (κ2) is 6.09. The van der Waals surface area contributed by atoms with E-state index < -0.39 is 0 Å². The van der Waals surface area contributed by atoms with Crippen LogP contribution in [0, 0.1) is 0 Å². The van der Waals surface area contributed by atoms with Gasteiger partial charge in [-0.25, -0.2) is 4.98 Å². The first kappa shape index (κ1) is 12.5. The Bertz CT molecular complexity index is 379. The largest absolute Gasteiger partial charge is 0.395 e. The third kappa shape index (κ3) is 2.94. The van der Waals surface area contributed by atoms with E-state index in [2.05, 4.69) is 9.97 Å². The lowest BCUT2D eigenvalue weighted by Crippen LogP contribution is -2.33. The molecule has 1 heterocycles. The number of methoxy groups -OCH3 is 1. The van der Waals surface area contributed by atoms with Gasteiger partial charge in [-0.15, -0.1) is 0 Å². The van der Waals surface area contributed by atoms with Gasteiger partial charge in [0.15, 0.2) is 5.82 Å². The number of nitrogens with two attached hydrogens (primary N) is 1. The van der Waals surface area contributed by atoms with Crippen molar-refractivity contribution >= 4 is 11.5 Å². The van der Waals surface area contributed by atoms with Crippen molar-refractivity contribution < 1.29 is 9.84 Å². The number of nitrogen functional groups attached to an aromatic ring is 1. The minimum atomic E-state index is -0.384. The van der Waals surface area contributed by atoms with Gasteiger partial charge in [0, 0.05) is 20.2 Å². The van der Waals surface area contributed by atoms with Crippen LogP contribution in [0.5, 0.6) is 0 Å². The van der Waals surface area contributed by atoms with E-state index in [1.165, 1.54) is 6.33 Å². The first-order chi connectivity index (χ1) is 7.70. The van der Waals surface area contributed by atoms with Crippen LogP contribution >= 0.6 is 0 Å². The number of aliphatic hydroxyl groups excluding tert-OH is 1. The second-order valence-corrected chi connectivity index (χ2v) is 3.17. The van der Waals surface area contributed by atoms with Crippen molar-refractivity contribution in [2.45, 2.75) is 0 Å². The lowest BCUT2D eigenvalue weighted by molar-refractivity contribution is 0.202. The van der Waals surface area contributed by atoms with E-state index in [9.17, 15) is 4.79 Å². The summed E-state index contributed by atoms with van der Waals surface area (Å²) in [5.74, 6) is 0.370. The molecule has 16 heavy (non-hydrogen) atoms. The van der Waals surface area contributed by atoms with E-state index in [0.29, 0.717) is 25.5 Å². The van der Waals surface area contributed by atoms with Gasteiger partial charge < -0.3 is 25.5 Å². The molecule has 0 radical (unpaired) electrons.